The first kappa shape index (κ1) is 28.4. The molecule has 206 valence electrons. The molecule has 39 heavy (non-hydrogen) atoms. The van der Waals surface area contributed by atoms with Gasteiger partial charge in [0, 0.05) is 12.0 Å². The molecule has 0 saturated heterocycles. The van der Waals surface area contributed by atoms with E-state index in [1.54, 1.807) is 6.07 Å². The van der Waals surface area contributed by atoms with Gasteiger partial charge in [0.2, 0.25) is 0 Å². The van der Waals surface area contributed by atoms with E-state index in [1.807, 2.05) is 50.2 Å². The van der Waals surface area contributed by atoms with Crippen LogP contribution < -0.4 is 10.1 Å². The van der Waals surface area contributed by atoms with E-state index in [9.17, 15) is 14.7 Å². The minimum atomic E-state index is -1.03. The zero-order chi connectivity index (χ0) is 27.8. The molecule has 2 N–H and O–H groups in total. The average Bonchev–Trinajstić information content (AvgIpc) is 3.41. The molecular formula is C33H39NO5. The van der Waals surface area contributed by atoms with Crippen LogP contribution in [0.2, 0.25) is 0 Å². The number of benzene rings is 3. The van der Waals surface area contributed by atoms with E-state index in [-0.39, 0.29) is 12.0 Å². The second-order valence-electron chi connectivity index (χ2n) is 10.3. The molecule has 1 amide bonds. The molecule has 0 saturated carbocycles. The van der Waals surface area contributed by atoms with Gasteiger partial charge in [-0.05, 0) is 71.3 Å². The summed E-state index contributed by atoms with van der Waals surface area (Å²) < 4.78 is 12.3. The summed E-state index contributed by atoms with van der Waals surface area (Å²) >= 11 is 0. The van der Waals surface area contributed by atoms with Crippen molar-refractivity contribution in [1.82, 2.24) is 5.32 Å². The number of fused-ring (bicyclic) bond motifs is 1. The van der Waals surface area contributed by atoms with E-state index in [0.29, 0.717) is 25.0 Å². The lowest BCUT2D eigenvalue weighted by Gasteiger charge is -2.20. The van der Waals surface area contributed by atoms with Crippen molar-refractivity contribution < 1.29 is 24.2 Å². The fraction of sp³-hybridized carbons (Fsp3) is 0.394. The van der Waals surface area contributed by atoms with E-state index < -0.39 is 12.0 Å². The molecule has 2 unspecified atom stereocenters. The molecule has 0 radical (unpaired) electrons. The highest BCUT2D eigenvalue weighted by molar-refractivity contribution is 6.02. The predicted octanol–water partition coefficient (Wildman–Crippen LogP) is 7.03. The first-order chi connectivity index (χ1) is 18.9. The highest BCUT2D eigenvalue weighted by atomic mass is 16.5. The zero-order valence-corrected chi connectivity index (χ0v) is 23.2. The lowest BCUT2D eigenvalue weighted by molar-refractivity contribution is -0.139. The Hall–Kier alpha value is -3.64. The lowest BCUT2D eigenvalue weighted by atomic mass is 9.93. The maximum atomic E-state index is 13.3. The molecule has 3 aromatic carbocycles. The number of rotatable bonds is 13. The van der Waals surface area contributed by atoms with Crippen molar-refractivity contribution in [2.24, 2.45) is 0 Å². The van der Waals surface area contributed by atoms with Gasteiger partial charge in [-0.25, -0.2) is 4.79 Å². The van der Waals surface area contributed by atoms with Gasteiger partial charge >= 0.3 is 5.97 Å². The van der Waals surface area contributed by atoms with Crippen LogP contribution in [0.15, 0.2) is 60.7 Å². The first-order valence-electron chi connectivity index (χ1n) is 14.0. The van der Waals surface area contributed by atoms with Crippen LogP contribution in [0.4, 0.5) is 0 Å². The topological polar surface area (TPSA) is 84.9 Å². The van der Waals surface area contributed by atoms with Crippen LogP contribution in [-0.2, 0) is 22.6 Å². The van der Waals surface area contributed by atoms with Crippen molar-refractivity contribution in [3.63, 3.8) is 0 Å². The van der Waals surface area contributed by atoms with Gasteiger partial charge in [0.25, 0.3) is 5.91 Å². The number of aliphatic carboxylic acids is 1. The van der Waals surface area contributed by atoms with E-state index in [4.69, 9.17) is 9.47 Å². The molecule has 2 atom stereocenters. The Morgan fingerprint density at radius 1 is 1.00 bits per heavy atom. The number of carboxylic acid groups (broad SMARTS) is 1. The number of unbranched alkanes of at least 4 members (excludes halogenated alkanes) is 1. The third kappa shape index (κ3) is 7.07. The summed E-state index contributed by atoms with van der Waals surface area (Å²) in [5, 5.41) is 12.3. The largest absolute Gasteiger partial charge is 0.493 e. The number of nitrogens with one attached hydrogen (secondary N) is 1. The summed E-state index contributed by atoms with van der Waals surface area (Å²) in [4.78, 5) is 25.0. The molecule has 0 aliphatic carbocycles. The monoisotopic (exact) mass is 529 g/mol. The number of aryl methyl sites for hydroxylation is 1. The van der Waals surface area contributed by atoms with Gasteiger partial charge in [-0.15, -0.1) is 0 Å². The fourth-order valence-corrected chi connectivity index (χ4v) is 5.07. The molecule has 0 bridgehead atoms. The van der Waals surface area contributed by atoms with Gasteiger partial charge in [0.05, 0.1) is 19.3 Å². The van der Waals surface area contributed by atoms with Gasteiger partial charge in [0.1, 0.15) is 11.8 Å². The minimum absolute atomic E-state index is 0.0605. The number of carboxylic acids is 1. The van der Waals surface area contributed by atoms with E-state index in [1.165, 1.54) is 5.56 Å². The van der Waals surface area contributed by atoms with Crippen LogP contribution in [0.1, 0.15) is 84.7 Å². The molecule has 6 heteroatoms. The Kier molecular flexibility index (Phi) is 9.77. The second-order valence-corrected chi connectivity index (χ2v) is 10.3. The molecular weight excluding hydrogens is 490 g/mol. The maximum absolute atomic E-state index is 13.3. The summed E-state index contributed by atoms with van der Waals surface area (Å²) in [5.74, 6) is -0.458. The van der Waals surface area contributed by atoms with Crippen LogP contribution in [0.25, 0.3) is 11.1 Å². The number of hydrogen-bond acceptors (Lipinski definition) is 4. The molecule has 6 nitrogen and oxygen atoms in total. The standard InChI is InChI=1S/C33H39NO5/c1-4-6-12-30(25-15-14-24-17-18-38-31(24)20-25)39-21-23-13-16-27(32(35)34-29(9-5-2)33(36)37)28(19-23)26-11-8-7-10-22(26)3/h7-8,10-11,13-16,19-20,29-30H,4-6,9,12,17-18,21H2,1-3H3,(H,34,35)(H,36,37). The van der Waals surface area contributed by atoms with Crippen LogP contribution in [0.3, 0.4) is 0 Å². The summed E-state index contributed by atoms with van der Waals surface area (Å²) in [6.45, 7) is 7.21. The van der Waals surface area contributed by atoms with E-state index >= 15 is 0 Å². The van der Waals surface area contributed by atoms with Gasteiger partial charge in [-0.1, -0.05) is 75.6 Å². The van der Waals surface area contributed by atoms with Crippen LogP contribution in [-0.4, -0.2) is 29.6 Å². The fourth-order valence-electron chi connectivity index (χ4n) is 5.07. The SMILES string of the molecule is CCCCC(OCc1ccc(C(=O)NC(CCC)C(=O)O)c(-c2ccccc2C)c1)c1ccc2c(c1)OCC2. The highest BCUT2D eigenvalue weighted by Crippen LogP contribution is 2.33. The van der Waals surface area contributed by atoms with Crippen LogP contribution in [0, 0.1) is 6.92 Å². The number of hydrogen-bond donors (Lipinski definition) is 2. The van der Waals surface area contributed by atoms with E-state index in [0.717, 1.165) is 65.9 Å². The van der Waals surface area contributed by atoms with Gasteiger partial charge in [-0.2, -0.15) is 0 Å². The lowest BCUT2D eigenvalue weighted by Crippen LogP contribution is -2.40. The molecule has 1 aliphatic rings. The number of amides is 1. The molecule has 0 fully saturated rings. The summed E-state index contributed by atoms with van der Waals surface area (Å²) in [5.41, 5.74) is 6.50. The Morgan fingerprint density at radius 2 is 1.82 bits per heavy atom. The Bertz CT molecular complexity index is 1300. The summed E-state index contributed by atoms with van der Waals surface area (Å²) in [7, 11) is 0. The molecule has 4 rings (SSSR count). The zero-order valence-electron chi connectivity index (χ0n) is 23.2. The van der Waals surface area contributed by atoms with E-state index in [2.05, 4.69) is 30.4 Å². The van der Waals surface area contributed by atoms with Crippen molar-refractivity contribution in [1.29, 1.82) is 0 Å². The quantitative estimate of drug-likeness (QED) is 0.248. The molecule has 3 aromatic rings. The van der Waals surface area contributed by atoms with Crippen LogP contribution >= 0.6 is 0 Å². The Labute approximate surface area is 231 Å². The minimum Gasteiger partial charge on any atom is -0.493 e. The molecule has 0 spiro atoms. The van der Waals surface area contributed by atoms with Gasteiger partial charge in [0.15, 0.2) is 0 Å². The van der Waals surface area contributed by atoms with Crippen molar-refractivity contribution >= 4 is 11.9 Å². The summed E-state index contributed by atoms with van der Waals surface area (Å²) in [6, 6.07) is 19.1. The van der Waals surface area contributed by atoms with Crippen LogP contribution in [0.5, 0.6) is 5.75 Å². The highest BCUT2D eigenvalue weighted by Gasteiger charge is 2.23. The van der Waals surface area contributed by atoms with Gasteiger partial charge in [-0.3, -0.25) is 4.79 Å². The van der Waals surface area contributed by atoms with Crippen molar-refractivity contribution in [2.75, 3.05) is 6.61 Å². The molecule has 0 aromatic heterocycles. The maximum Gasteiger partial charge on any atom is 0.326 e. The Morgan fingerprint density at radius 3 is 2.56 bits per heavy atom. The third-order valence-electron chi connectivity index (χ3n) is 7.31. The van der Waals surface area contributed by atoms with Crippen molar-refractivity contribution in [3.8, 4) is 16.9 Å². The molecule has 1 aliphatic heterocycles. The van der Waals surface area contributed by atoms with Crippen molar-refractivity contribution in [3.05, 3.63) is 88.5 Å². The second kappa shape index (κ2) is 13.4. The smallest absolute Gasteiger partial charge is 0.326 e. The van der Waals surface area contributed by atoms with Crippen molar-refractivity contribution in [2.45, 2.75) is 78.0 Å². The number of ether oxygens (including phenoxy) is 2. The molecule has 1 heterocycles. The third-order valence-corrected chi connectivity index (χ3v) is 7.31. The summed E-state index contributed by atoms with van der Waals surface area (Å²) in [6.07, 6.45) is 4.97. The number of carbonyl (C=O) groups excluding carboxylic acids is 1. The average molecular weight is 530 g/mol. The Balaban J connectivity index is 1.61. The van der Waals surface area contributed by atoms with Gasteiger partial charge < -0.3 is 19.9 Å². The first-order valence-corrected chi connectivity index (χ1v) is 14.0. The predicted molar refractivity (Wildman–Crippen MR) is 153 cm³/mol. The normalized spacial score (nSPS) is 13.8. The number of carbonyl (C=O) groups is 2.